The molecule has 0 amide bonds. The van der Waals surface area contributed by atoms with Crippen molar-refractivity contribution in [2.75, 3.05) is 0 Å². The number of fused-ring (bicyclic) bond motifs is 6. The number of hydrogen-bond donors (Lipinski definition) is 0. The molecule has 0 unspecified atom stereocenters. The molecule has 1 aromatic carbocycles. The number of pyridine rings is 1. The van der Waals surface area contributed by atoms with Crippen LogP contribution in [0, 0.1) is 0 Å². The van der Waals surface area contributed by atoms with Gasteiger partial charge in [0.05, 0.1) is 6.20 Å². The number of aromatic nitrogens is 3. The predicted molar refractivity (Wildman–Crippen MR) is 60.3 cm³/mol. The second kappa shape index (κ2) is 2.61. The Morgan fingerprint density at radius 3 is 2.94 bits per heavy atom. The van der Waals surface area contributed by atoms with Crippen molar-refractivity contribution in [2.45, 2.75) is 0 Å². The molecular formula is C12H7N3O. The van der Waals surface area contributed by atoms with E-state index in [0.29, 0.717) is 0 Å². The van der Waals surface area contributed by atoms with Crippen molar-refractivity contribution in [3.63, 3.8) is 0 Å². The van der Waals surface area contributed by atoms with Crippen LogP contribution in [0.2, 0.25) is 0 Å². The Balaban J connectivity index is 2.51. The van der Waals surface area contributed by atoms with E-state index in [4.69, 9.17) is 4.52 Å². The Bertz CT molecular complexity index is 744. The van der Waals surface area contributed by atoms with E-state index in [0.717, 1.165) is 27.5 Å². The van der Waals surface area contributed by atoms with E-state index in [1.165, 1.54) is 0 Å². The molecule has 4 heteroatoms. The summed E-state index contributed by atoms with van der Waals surface area (Å²) in [5.74, 6) is 0. The van der Waals surface area contributed by atoms with Gasteiger partial charge in [0, 0.05) is 23.2 Å². The van der Waals surface area contributed by atoms with Crippen LogP contribution in [0.5, 0.6) is 0 Å². The van der Waals surface area contributed by atoms with E-state index in [-0.39, 0.29) is 0 Å². The van der Waals surface area contributed by atoms with Gasteiger partial charge < -0.3 is 4.52 Å². The Morgan fingerprint density at radius 1 is 1.12 bits per heavy atom. The van der Waals surface area contributed by atoms with E-state index in [9.17, 15) is 0 Å². The number of rotatable bonds is 0. The Labute approximate surface area is 90.1 Å². The van der Waals surface area contributed by atoms with Gasteiger partial charge in [0.1, 0.15) is 11.2 Å². The highest BCUT2D eigenvalue weighted by atomic mass is 16.5. The number of hydrogen-bond acceptors (Lipinski definition) is 3. The maximum atomic E-state index is 5.31. The third-order valence-corrected chi connectivity index (χ3v) is 2.86. The van der Waals surface area contributed by atoms with Crippen LogP contribution in [-0.2, 0) is 0 Å². The molecule has 0 saturated heterocycles. The zero-order valence-corrected chi connectivity index (χ0v) is 8.29. The normalized spacial score (nSPS) is 11.8. The second-order valence-electron chi connectivity index (χ2n) is 3.71. The summed E-state index contributed by atoms with van der Waals surface area (Å²) in [7, 11) is 0. The second-order valence-corrected chi connectivity index (χ2v) is 3.71. The molecule has 0 radical (unpaired) electrons. The van der Waals surface area contributed by atoms with E-state index in [2.05, 4.69) is 10.1 Å². The maximum Gasteiger partial charge on any atom is 0.191 e. The van der Waals surface area contributed by atoms with E-state index >= 15 is 0 Å². The van der Waals surface area contributed by atoms with Gasteiger partial charge in [-0.1, -0.05) is 29.4 Å². The van der Waals surface area contributed by atoms with Crippen molar-refractivity contribution in [1.82, 2.24) is 14.5 Å². The summed E-state index contributed by atoms with van der Waals surface area (Å²) < 4.78 is 7.30. The van der Waals surface area contributed by atoms with Crippen molar-refractivity contribution in [1.29, 1.82) is 0 Å². The van der Waals surface area contributed by atoms with Gasteiger partial charge in [-0.2, -0.15) is 0 Å². The summed E-state index contributed by atoms with van der Waals surface area (Å²) in [6.07, 6.45) is 5.42. The summed E-state index contributed by atoms with van der Waals surface area (Å²) in [6.45, 7) is 0. The van der Waals surface area contributed by atoms with Crippen LogP contribution in [0.15, 0.2) is 47.4 Å². The Kier molecular flexibility index (Phi) is 1.28. The summed E-state index contributed by atoms with van der Waals surface area (Å²) in [4.78, 5) is 4.37. The van der Waals surface area contributed by atoms with Crippen molar-refractivity contribution >= 4 is 27.5 Å². The van der Waals surface area contributed by atoms with Crippen LogP contribution < -0.4 is 0 Å². The Hall–Kier alpha value is -2.36. The molecule has 16 heavy (non-hydrogen) atoms. The summed E-state index contributed by atoms with van der Waals surface area (Å²) in [5.41, 5.74) is 2.69. The molecule has 0 aliphatic rings. The van der Waals surface area contributed by atoms with Crippen molar-refractivity contribution in [3.05, 3.63) is 42.9 Å². The molecule has 4 rings (SSSR count). The first kappa shape index (κ1) is 7.87. The molecule has 0 fully saturated rings. The number of benzene rings is 1. The van der Waals surface area contributed by atoms with Crippen molar-refractivity contribution in [2.24, 2.45) is 0 Å². The van der Waals surface area contributed by atoms with Gasteiger partial charge in [-0.25, -0.2) is 4.98 Å². The lowest BCUT2D eigenvalue weighted by molar-refractivity contribution is 0.458. The average molecular weight is 209 g/mol. The lowest BCUT2D eigenvalue weighted by Gasteiger charge is -2.01. The van der Waals surface area contributed by atoms with E-state index < -0.39 is 0 Å². The molecule has 0 saturated carbocycles. The van der Waals surface area contributed by atoms with E-state index in [1.54, 1.807) is 12.4 Å². The quantitative estimate of drug-likeness (QED) is 0.447. The molecule has 76 valence electrons. The summed E-state index contributed by atoms with van der Waals surface area (Å²) in [6, 6.07) is 8.06. The van der Waals surface area contributed by atoms with Crippen LogP contribution in [0.4, 0.5) is 0 Å². The molecule has 0 spiro atoms. The van der Waals surface area contributed by atoms with Gasteiger partial charge in [-0.15, -0.1) is 0 Å². The third kappa shape index (κ3) is 0.798. The fraction of sp³-hybridized carbons (Fsp3) is 0. The topological polar surface area (TPSA) is 43.3 Å². The highest BCUT2D eigenvalue weighted by molar-refractivity contribution is 6.08. The van der Waals surface area contributed by atoms with Gasteiger partial charge >= 0.3 is 0 Å². The fourth-order valence-electron chi connectivity index (χ4n) is 2.17. The lowest BCUT2D eigenvalue weighted by atomic mass is 10.1. The minimum absolute atomic E-state index is 0.807. The lowest BCUT2D eigenvalue weighted by Crippen LogP contribution is -1.86. The first-order valence-corrected chi connectivity index (χ1v) is 5.03. The van der Waals surface area contributed by atoms with Gasteiger partial charge in [0.25, 0.3) is 0 Å². The first-order chi connectivity index (χ1) is 7.95. The largest absolute Gasteiger partial charge is 0.354 e. The third-order valence-electron chi connectivity index (χ3n) is 2.86. The van der Waals surface area contributed by atoms with Gasteiger partial charge in [-0.3, -0.25) is 4.40 Å². The number of imidazole rings is 1. The molecule has 0 aliphatic carbocycles. The fourth-order valence-corrected chi connectivity index (χ4v) is 2.17. The van der Waals surface area contributed by atoms with Gasteiger partial charge in [0.2, 0.25) is 0 Å². The molecule has 4 nitrogen and oxygen atoms in total. The van der Waals surface area contributed by atoms with Gasteiger partial charge in [-0.05, 0) is 0 Å². The van der Waals surface area contributed by atoms with E-state index in [1.807, 2.05) is 34.9 Å². The predicted octanol–water partition coefficient (Wildman–Crippen LogP) is 2.63. The minimum Gasteiger partial charge on any atom is -0.354 e. The van der Waals surface area contributed by atoms with Gasteiger partial charge in [0.15, 0.2) is 5.58 Å². The van der Waals surface area contributed by atoms with Crippen LogP contribution in [0.1, 0.15) is 0 Å². The Morgan fingerprint density at radius 2 is 2.00 bits per heavy atom. The highest BCUT2D eigenvalue weighted by Gasteiger charge is 2.11. The zero-order valence-electron chi connectivity index (χ0n) is 8.29. The van der Waals surface area contributed by atoms with Crippen LogP contribution in [0.3, 0.4) is 0 Å². The minimum atomic E-state index is 0.807. The number of nitrogens with zero attached hydrogens (tertiary/aromatic N) is 3. The molecule has 0 aliphatic heterocycles. The molecule has 0 N–H and O–H groups in total. The maximum absolute atomic E-state index is 5.31. The molecule has 3 heterocycles. The van der Waals surface area contributed by atoms with Crippen LogP contribution in [-0.4, -0.2) is 14.5 Å². The van der Waals surface area contributed by atoms with Crippen LogP contribution >= 0.6 is 0 Å². The first-order valence-electron chi connectivity index (χ1n) is 5.03. The molecule has 3 aromatic heterocycles. The monoisotopic (exact) mass is 209 g/mol. The molecule has 0 bridgehead atoms. The van der Waals surface area contributed by atoms with Crippen LogP contribution in [0.25, 0.3) is 27.5 Å². The zero-order chi connectivity index (χ0) is 10.5. The molecule has 0 atom stereocenters. The standard InChI is InChI=1S/C12H7N3O/c1-2-4-9-8(3-1)11-10(7-14-16-11)15-6-5-13-12(9)15/h1-7H. The SMILES string of the molecule is c1ccc2c(c1)c1oncc1n1ccnc21. The summed E-state index contributed by atoms with van der Waals surface area (Å²) >= 11 is 0. The molecular weight excluding hydrogens is 202 g/mol. The van der Waals surface area contributed by atoms with Crippen molar-refractivity contribution < 1.29 is 4.52 Å². The smallest absolute Gasteiger partial charge is 0.191 e. The van der Waals surface area contributed by atoms with Crippen molar-refractivity contribution in [3.8, 4) is 0 Å². The molecule has 4 aromatic rings. The average Bonchev–Trinajstić information content (AvgIpc) is 2.98. The summed E-state index contributed by atoms with van der Waals surface area (Å²) in [5, 5.41) is 5.99. The highest BCUT2D eigenvalue weighted by Crippen LogP contribution is 2.27.